The molecule has 0 saturated heterocycles. The second-order valence-corrected chi connectivity index (χ2v) is 9.26. The maximum absolute atomic E-state index is 12.5. The van der Waals surface area contributed by atoms with E-state index in [1.165, 1.54) is 17.6 Å². The molecule has 25 heavy (non-hydrogen) atoms. The highest BCUT2D eigenvalue weighted by Gasteiger charge is 2.13. The maximum Gasteiger partial charge on any atom is 0.257 e. The summed E-state index contributed by atoms with van der Waals surface area (Å²) in [5.41, 5.74) is 4.08. The Kier molecular flexibility index (Phi) is 4.62. The quantitative estimate of drug-likeness (QED) is 0.755. The van der Waals surface area contributed by atoms with Gasteiger partial charge in [0.15, 0.2) is 15.0 Å². The van der Waals surface area contributed by atoms with E-state index in [0.29, 0.717) is 16.3 Å². The zero-order valence-corrected chi connectivity index (χ0v) is 15.8. The van der Waals surface area contributed by atoms with Crippen LogP contribution in [-0.2, 0) is 15.6 Å². The number of hydrogen-bond acceptors (Lipinski definition) is 5. The minimum atomic E-state index is -3.15. The number of carbonyl (C=O) groups is 1. The number of nitrogens with zero attached hydrogens (tertiary/aromatic N) is 1. The Morgan fingerprint density at radius 1 is 1.16 bits per heavy atom. The molecule has 7 heteroatoms. The van der Waals surface area contributed by atoms with E-state index in [9.17, 15) is 13.2 Å². The molecule has 0 spiro atoms. The molecule has 3 aromatic rings. The molecule has 0 unspecified atom stereocenters. The average Bonchev–Trinajstić information content (AvgIpc) is 2.94. The Bertz CT molecular complexity index is 1030. The largest absolute Gasteiger partial charge is 0.298 e. The minimum Gasteiger partial charge on any atom is -0.298 e. The number of aromatic nitrogens is 1. The highest BCUT2D eigenvalue weighted by molar-refractivity contribution is 7.89. The lowest BCUT2D eigenvalue weighted by Gasteiger charge is -2.04. The van der Waals surface area contributed by atoms with Gasteiger partial charge in [-0.05, 0) is 42.7 Å². The molecule has 0 radical (unpaired) electrons. The van der Waals surface area contributed by atoms with E-state index in [-0.39, 0.29) is 11.7 Å². The highest BCUT2D eigenvalue weighted by atomic mass is 32.2. The fraction of sp³-hybridized carbons (Fsp3) is 0.222. The van der Waals surface area contributed by atoms with Gasteiger partial charge in [0.1, 0.15) is 0 Å². The summed E-state index contributed by atoms with van der Waals surface area (Å²) in [7, 11) is -3.15. The zero-order chi connectivity index (χ0) is 18.2. The number of rotatable bonds is 4. The van der Waals surface area contributed by atoms with E-state index < -0.39 is 9.84 Å². The van der Waals surface area contributed by atoms with Crippen LogP contribution in [0.2, 0.25) is 0 Å². The van der Waals surface area contributed by atoms with Crippen LogP contribution in [0.1, 0.15) is 27.0 Å². The molecule has 0 aliphatic rings. The van der Waals surface area contributed by atoms with Gasteiger partial charge >= 0.3 is 0 Å². The number of fused-ring (bicyclic) bond motifs is 1. The van der Waals surface area contributed by atoms with Crippen molar-refractivity contribution in [2.45, 2.75) is 19.6 Å². The van der Waals surface area contributed by atoms with Gasteiger partial charge in [0.05, 0.1) is 16.0 Å². The second-order valence-electron chi connectivity index (χ2n) is 6.12. The van der Waals surface area contributed by atoms with Gasteiger partial charge < -0.3 is 0 Å². The van der Waals surface area contributed by atoms with Gasteiger partial charge in [0.25, 0.3) is 5.91 Å². The molecule has 1 heterocycles. The van der Waals surface area contributed by atoms with Crippen molar-refractivity contribution in [2.24, 2.45) is 0 Å². The van der Waals surface area contributed by atoms with Gasteiger partial charge in [-0.15, -0.1) is 0 Å². The first-order valence-electron chi connectivity index (χ1n) is 7.68. The number of benzene rings is 2. The first-order chi connectivity index (χ1) is 11.7. The van der Waals surface area contributed by atoms with E-state index in [1.54, 1.807) is 24.3 Å². The van der Waals surface area contributed by atoms with Crippen LogP contribution in [0.4, 0.5) is 5.13 Å². The van der Waals surface area contributed by atoms with Crippen LogP contribution < -0.4 is 5.32 Å². The summed E-state index contributed by atoms with van der Waals surface area (Å²) in [5.74, 6) is -0.391. The molecule has 0 aliphatic carbocycles. The van der Waals surface area contributed by atoms with Crippen molar-refractivity contribution in [3.63, 3.8) is 0 Å². The van der Waals surface area contributed by atoms with Crippen molar-refractivity contribution in [3.05, 3.63) is 58.7 Å². The Balaban J connectivity index is 1.87. The summed E-state index contributed by atoms with van der Waals surface area (Å²) in [6.07, 6.45) is 1.17. The van der Waals surface area contributed by atoms with Crippen molar-refractivity contribution >= 4 is 42.4 Å². The predicted octanol–water partition coefficient (Wildman–Crippen LogP) is 3.71. The fourth-order valence-corrected chi connectivity index (χ4v) is 4.38. The number of carbonyl (C=O) groups excluding carboxylic acids is 1. The van der Waals surface area contributed by atoms with Gasteiger partial charge in [-0.25, -0.2) is 13.4 Å². The number of sulfone groups is 1. The molecule has 2 aromatic carbocycles. The predicted molar refractivity (Wildman–Crippen MR) is 102 cm³/mol. The number of anilines is 1. The van der Waals surface area contributed by atoms with Crippen molar-refractivity contribution in [1.82, 2.24) is 4.98 Å². The Morgan fingerprint density at radius 2 is 1.88 bits per heavy atom. The van der Waals surface area contributed by atoms with Crippen molar-refractivity contribution in [1.29, 1.82) is 0 Å². The van der Waals surface area contributed by atoms with Crippen molar-refractivity contribution < 1.29 is 13.2 Å². The molecule has 5 nitrogen and oxygen atoms in total. The van der Waals surface area contributed by atoms with E-state index in [2.05, 4.69) is 10.3 Å². The van der Waals surface area contributed by atoms with Gasteiger partial charge in [-0.2, -0.15) is 0 Å². The van der Waals surface area contributed by atoms with Gasteiger partial charge in [0, 0.05) is 11.8 Å². The maximum atomic E-state index is 12.5. The monoisotopic (exact) mass is 374 g/mol. The lowest BCUT2D eigenvalue weighted by atomic mass is 10.1. The normalized spacial score (nSPS) is 11.6. The summed E-state index contributed by atoms with van der Waals surface area (Å²) >= 11 is 1.44. The molecule has 0 saturated carbocycles. The molecular weight excluding hydrogens is 356 g/mol. The van der Waals surface area contributed by atoms with E-state index in [1.807, 2.05) is 26.0 Å². The molecule has 1 aromatic heterocycles. The van der Waals surface area contributed by atoms with Crippen LogP contribution in [0.15, 0.2) is 36.4 Å². The number of thiazole rings is 1. The minimum absolute atomic E-state index is 0.0896. The Labute approximate surface area is 150 Å². The Hall–Kier alpha value is -2.25. The summed E-state index contributed by atoms with van der Waals surface area (Å²) in [6.45, 7) is 4.00. The number of aryl methyl sites for hydroxylation is 2. The van der Waals surface area contributed by atoms with Crippen molar-refractivity contribution in [3.8, 4) is 0 Å². The first kappa shape index (κ1) is 17.6. The first-order valence-corrected chi connectivity index (χ1v) is 10.6. The Morgan fingerprint density at radius 3 is 2.56 bits per heavy atom. The van der Waals surface area contributed by atoms with E-state index in [0.717, 1.165) is 21.3 Å². The van der Waals surface area contributed by atoms with E-state index in [4.69, 9.17) is 0 Å². The SMILES string of the molecule is Cc1ccc(C)c2sc(NC(=O)c3cccc(CS(C)(=O)=O)c3)nc12. The lowest BCUT2D eigenvalue weighted by molar-refractivity contribution is 0.102. The van der Waals surface area contributed by atoms with Crippen LogP contribution in [0, 0.1) is 13.8 Å². The number of nitrogens with one attached hydrogen (secondary N) is 1. The molecule has 0 bridgehead atoms. The molecule has 130 valence electrons. The lowest BCUT2D eigenvalue weighted by Crippen LogP contribution is -2.12. The highest BCUT2D eigenvalue weighted by Crippen LogP contribution is 2.31. The molecule has 0 atom stereocenters. The van der Waals surface area contributed by atoms with Crippen molar-refractivity contribution in [2.75, 3.05) is 11.6 Å². The molecule has 1 amide bonds. The second kappa shape index (κ2) is 6.57. The third kappa shape index (κ3) is 4.05. The average molecular weight is 374 g/mol. The van der Waals surface area contributed by atoms with Crippen LogP contribution in [0.5, 0.6) is 0 Å². The number of hydrogen-bond donors (Lipinski definition) is 1. The third-order valence-corrected chi connectivity index (χ3v) is 5.74. The number of amides is 1. The molecule has 1 N–H and O–H groups in total. The van der Waals surface area contributed by atoms with Gasteiger partial charge in [-0.1, -0.05) is 35.6 Å². The van der Waals surface area contributed by atoms with Gasteiger partial charge in [-0.3, -0.25) is 10.1 Å². The fourth-order valence-electron chi connectivity index (χ4n) is 2.59. The smallest absolute Gasteiger partial charge is 0.257 e. The van der Waals surface area contributed by atoms with Crippen LogP contribution in [0.3, 0.4) is 0 Å². The summed E-state index contributed by atoms with van der Waals surface area (Å²) < 4.78 is 23.9. The standard InChI is InChI=1S/C18H18N2O3S2/c1-11-7-8-12(2)16-15(11)19-18(24-16)20-17(21)14-6-4-5-13(9-14)10-25(3,22)23/h4-9H,10H2,1-3H3,(H,19,20,21). The molecular formula is C18H18N2O3S2. The topological polar surface area (TPSA) is 76.1 Å². The van der Waals surface area contributed by atoms with Crippen LogP contribution >= 0.6 is 11.3 Å². The summed E-state index contributed by atoms with van der Waals surface area (Å²) in [6, 6.07) is 10.7. The van der Waals surface area contributed by atoms with Crippen LogP contribution in [0.25, 0.3) is 10.2 Å². The van der Waals surface area contributed by atoms with E-state index >= 15 is 0 Å². The summed E-state index contributed by atoms with van der Waals surface area (Å²) in [4.78, 5) is 17.0. The molecule has 0 fully saturated rings. The van der Waals surface area contributed by atoms with Crippen LogP contribution in [-0.4, -0.2) is 25.6 Å². The molecule has 3 rings (SSSR count). The van der Waals surface area contributed by atoms with Gasteiger partial charge in [0.2, 0.25) is 0 Å². The molecule has 0 aliphatic heterocycles. The zero-order valence-electron chi connectivity index (χ0n) is 14.2. The summed E-state index contributed by atoms with van der Waals surface area (Å²) in [5, 5.41) is 3.34. The third-order valence-electron chi connectivity index (χ3n) is 3.78.